The van der Waals surface area contributed by atoms with E-state index in [1.165, 1.54) is 32.4 Å². The molecule has 0 aliphatic rings. The van der Waals surface area contributed by atoms with Crippen LogP contribution in [-0.2, 0) is 11.3 Å². The number of hydrogen-bond donors (Lipinski definition) is 1. The fourth-order valence-electron chi connectivity index (χ4n) is 1.88. The van der Waals surface area contributed by atoms with Crippen LogP contribution in [0.4, 0.5) is 5.69 Å². The second-order valence-electron chi connectivity index (χ2n) is 4.15. The number of ether oxygens (including phenoxy) is 2. The van der Waals surface area contributed by atoms with Crippen molar-refractivity contribution in [3.63, 3.8) is 0 Å². The summed E-state index contributed by atoms with van der Waals surface area (Å²) in [4.78, 5) is 21.5. The molecule has 0 atom stereocenters. The summed E-state index contributed by atoms with van der Waals surface area (Å²) in [7, 11) is 2.77. The molecule has 0 aliphatic carbocycles. The smallest absolute Gasteiger partial charge is 0.358 e. The number of hydrogen-bond acceptors (Lipinski definition) is 7. The first-order chi connectivity index (χ1) is 10.5. The summed E-state index contributed by atoms with van der Waals surface area (Å²) in [6.45, 7) is -0.0829. The quantitative estimate of drug-likeness (QED) is 0.618. The lowest BCUT2D eigenvalue weighted by Gasteiger charge is -2.10. The summed E-state index contributed by atoms with van der Waals surface area (Å²) in [5.41, 5.74) is -0.139. The third kappa shape index (κ3) is 2.72. The van der Waals surface area contributed by atoms with E-state index >= 15 is 0 Å². The standard InChI is InChI=1S/C12H12N4O6/c1-21-6-9-11(12(17)18)13-14-15(9)8-5-7(16(19)20)3-4-10(8)22-2/h3-5H,6H2,1-2H3,(H,17,18). The molecule has 22 heavy (non-hydrogen) atoms. The Morgan fingerprint density at radius 1 is 1.45 bits per heavy atom. The molecule has 0 fully saturated rings. The number of carboxylic acids is 1. The lowest BCUT2D eigenvalue weighted by Crippen LogP contribution is -2.09. The summed E-state index contributed by atoms with van der Waals surface area (Å²) in [5.74, 6) is -0.993. The van der Waals surface area contributed by atoms with Gasteiger partial charge < -0.3 is 14.6 Å². The van der Waals surface area contributed by atoms with Gasteiger partial charge in [-0.1, -0.05) is 5.21 Å². The summed E-state index contributed by atoms with van der Waals surface area (Å²) in [5, 5.41) is 27.3. The molecular weight excluding hydrogens is 296 g/mol. The van der Waals surface area contributed by atoms with Gasteiger partial charge in [0.25, 0.3) is 5.69 Å². The SMILES string of the molecule is COCc1c(C(=O)O)nnn1-c1cc([N+](=O)[O-])ccc1OC. The minimum absolute atomic E-state index is 0.0829. The highest BCUT2D eigenvalue weighted by Gasteiger charge is 2.23. The van der Waals surface area contributed by atoms with Crippen LogP contribution in [0.15, 0.2) is 18.2 Å². The maximum absolute atomic E-state index is 11.2. The number of aromatic carboxylic acids is 1. The normalized spacial score (nSPS) is 10.5. The lowest BCUT2D eigenvalue weighted by atomic mass is 10.2. The van der Waals surface area contributed by atoms with E-state index in [1.807, 2.05) is 0 Å². The number of carboxylic acid groups (broad SMARTS) is 1. The van der Waals surface area contributed by atoms with Crippen molar-refractivity contribution in [1.82, 2.24) is 15.0 Å². The second kappa shape index (κ2) is 6.18. The predicted molar refractivity (Wildman–Crippen MR) is 72.2 cm³/mol. The first-order valence-corrected chi connectivity index (χ1v) is 5.99. The summed E-state index contributed by atoms with van der Waals surface area (Å²) < 4.78 is 11.2. The van der Waals surface area contributed by atoms with Crippen LogP contribution in [0.3, 0.4) is 0 Å². The zero-order chi connectivity index (χ0) is 16.3. The van der Waals surface area contributed by atoms with E-state index in [4.69, 9.17) is 14.6 Å². The molecule has 0 spiro atoms. The molecule has 116 valence electrons. The van der Waals surface area contributed by atoms with Crippen LogP contribution in [0.25, 0.3) is 5.69 Å². The van der Waals surface area contributed by atoms with Gasteiger partial charge in [0.05, 0.1) is 18.6 Å². The molecule has 0 bridgehead atoms. The van der Waals surface area contributed by atoms with Crippen LogP contribution >= 0.6 is 0 Å². The van der Waals surface area contributed by atoms with E-state index in [0.717, 1.165) is 4.68 Å². The van der Waals surface area contributed by atoms with E-state index < -0.39 is 10.9 Å². The zero-order valence-electron chi connectivity index (χ0n) is 11.7. The van der Waals surface area contributed by atoms with Crippen molar-refractivity contribution in [2.75, 3.05) is 14.2 Å². The van der Waals surface area contributed by atoms with Crippen LogP contribution in [0.1, 0.15) is 16.2 Å². The van der Waals surface area contributed by atoms with Gasteiger partial charge in [-0.25, -0.2) is 9.48 Å². The molecule has 1 aromatic heterocycles. The average molecular weight is 308 g/mol. The Kier molecular flexibility index (Phi) is 4.32. The van der Waals surface area contributed by atoms with Gasteiger partial charge in [0.1, 0.15) is 17.1 Å². The molecule has 0 saturated heterocycles. The number of non-ortho nitro benzene ring substituents is 1. The van der Waals surface area contributed by atoms with Crippen LogP contribution < -0.4 is 4.74 Å². The minimum Gasteiger partial charge on any atom is -0.494 e. The fraction of sp³-hybridized carbons (Fsp3) is 0.250. The summed E-state index contributed by atoms with van der Waals surface area (Å²) in [6.07, 6.45) is 0. The molecule has 10 nitrogen and oxygen atoms in total. The van der Waals surface area contributed by atoms with Gasteiger partial charge in [-0.3, -0.25) is 10.1 Å². The van der Waals surface area contributed by atoms with Crippen LogP contribution in [-0.4, -0.2) is 45.2 Å². The van der Waals surface area contributed by atoms with Gasteiger partial charge in [0.15, 0.2) is 5.69 Å². The monoisotopic (exact) mass is 308 g/mol. The van der Waals surface area contributed by atoms with Crippen molar-refractivity contribution in [2.45, 2.75) is 6.61 Å². The predicted octanol–water partition coefficient (Wildman–Crippen LogP) is 1.03. The van der Waals surface area contributed by atoms with E-state index in [9.17, 15) is 14.9 Å². The van der Waals surface area contributed by atoms with Crippen molar-refractivity contribution in [3.05, 3.63) is 39.7 Å². The number of nitro groups is 1. The number of methoxy groups -OCH3 is 2. The molecule has 2 aromatic rings. The van der Waals surface area contributed by atoms with E-state index in [1.54, 1.807) is 0 Å². The summed E-state index contributed by atoms with van der Waals surface area (Å²) >= 11 is 0. The van der Waals surface area contributed by atoms with E-state index in [0.29, 0.717) is 0 Å². The first kappa shape index (κ1) is 15.4. The largest absolute Gasteiger partial charge is 0.494 e. The highest BCUT2D eigenvalue weighted by Crippen LogP contribution is 2.28. The van der Waals surface area contributed by atoms with Gasteiger partial charge in [0, 0.05) is 19.2 Å². The molecule has 0 aliphatic heterocycles. The third-order valence-corrected chi connectivity index (χ3v) is 2.85. The molecule has 0 saturated carbocycles. The van der Waals surface area contributed by atoms with Gasteiger partial charge in [-0.05, 0) is 6.07 Å². The molecule has 0 unspecified atom stereocenters. The van der Waals surface area contributed by atoms with Gasteiger partial charge in [-0.15, -0.1) is 5.10 Å². The van der Waals surface area contributed by atoms with Crippen molar-refractivity contribution >= 4 is 11.7 Å². The van der Waals surface area contributed by atoms with Crippen molar-refractivity contribution < 1.29 is 24.3 Å². The molecule has 1 aromatic carbocycles. The van der Waals surface area contributed by atoms with Crippen molar-refractivity contribution in [3.8, 4) is 11.4 Å². The van der Waals surface area contributed by atoms with Crippen molar-refractivity contribution in [2.24, 2.45) is 0 Å². The molecule has 2 rings (SSSR count). The zero-order valence-corrected chi connectivity index (χ0v) is 11.7. The number of aromatic nitrogens is 3. The Bertz CT molecular complexity index is 726. The highest BCUT2D eigenvalue weighted by atomic mass is 16.6. The molecule has 10 heteroatoms. The second-order valence-corrected chi connectivity index (χ2v) is 4.15. The van der Waals surface area contributed by atoms with Gasteiger partial charge >= 0.3 is 5.97 Å². The van der Waals surface area contributed by atoms with Gasteiger partial charge in [0.2, 0.25) is 0 Å². The number of nitro benzene ring substituents is 1. The number of rotatable bonds is 6. The van der Waals surface area contributed by atoms with E-state index in [-0.39, 0.29) is 35.1 Å². The van der Waals surface area contributed by atoms with Gasteiger partial charge in [-0.2, -0.15) is 0 Å². The number of nitrogens with zero attached hydrogens (tertiary/aromatic N) is 4. The first-order valence-electron chi connectivity index (χ1n) is 5.99. The third-order valence-electron chi connectivity index (χ3n) is 2.85. The molecule has 0 amide bonds. The van der Waals surface area contributed by atoms with Crippen LogP contribution in [0.2, 0.25) is 0 Å². The Balaban J connectivity index is 2.67. The topological polar surface area (TPSA) is 130 Å². The van der Waals surface area contributed by atoms with Crippen molar-refractivity contribution in [1.29, 1.82) is 0 Å². The molecule has 1 N–H and O–H groups in total. The Morgan fingerprint density at radius 3 is 2.73 bits per heavy atom. The lowest BCUT2D eigenvalue weighted by molar-refractivity contribution is -0.384. The van der Waals surface area contributed by atoms with E-state index in [2.05, 4.69) is 10.3 Å². The average Bonchev–Trinajstić information content (AvgIpc) is 2.90. The van der Waals surface area contributed by atoms with Crippen LogP contribution in [0, 0.1) is 10.1 Å². The summed E-state index contributed by atoms with van der Waals surface area (Å²) in [6, 6.07) is 3.89. The molecule has 1 heterocycles. The maximum Gasteiger partial charge on any atom is 0.358 e. The number of benzene rings is 1. The fourth-order valence-corrected chi connectivity index (χ4v) is 1.88. The minimum atomic E-state index is -1.28. The Hall–Kier alpha value is -3.01. The molecule has 0 radical (unpaired) electrons. The van der Waals surface area contributed by atoms with Crippen LogP contribution in [0.5, 0.6) is 5.75 Å². The number of carbonyl (C=O) groups is 1. The maximum atomic E-state index is 11.2. The Labute approximate surface area is 124 Å². The molecular formula is C12H12N4O6. The highest BCUT2D eigenvalue weighted by molar-refractivity contribution is 5.86. The Morgan fingerprint density at radius 2 is 2.18 bits per heavy atom.